The molecule has 0 aliphatic heterocycles. The summed E-state index contributed by atoms with van der Waals surface area (Å²) < 4.78 is 5.15. The highest BCUT2D eigenvalue weighted by molar-refractivity contribution is 5.74. The fourth-order valence-electron chi connectivity index (χ4n) is 0.862. The Morgan fingerprint density at radius 1 is 1.40 bits per heavy atom. The Morgan fingerprint density at radius 2 is 2.13 bits per heavy atom. The number of amides is 2. The molecule has 0 saturated heterocycles. The van der Waals surface area contributed by atoms with Crippen LogP contribution in [0.4, 0.5) is 4.79 Å². The van der Waals surface area contributed by atoms with Gasteiger partial charge in [0.05, 0.1) is 0 Å². The maximum absolute atomic E-state index is 11.2. The van der Waals surface area contributed by atoms with Crippen LogP contribution in [0.5, 0.6) is 0 Å². The number of hydrogen-bond acceptors (Lipinski definition) is 2. The smallest absolute Gasteiger partial charge is 0.318 e. The van der Waals surface area contributed by atoms with Crippen molar-refractivity contribution in [2.24, 2.45) is 0 Å². The lowest BCUT2D eigenvalue weighted by Crippen LogP contribution is -2.33. The molecule has 0 aliphatic rings. The largest absolute Gasteiger partial charge is 0.382 e. The molecule has 4 heteroatoms. The van der Waals surface area contributed by atoms with Crippen LogP contribution in [0.2, 0.25) is 0 Å². The second-order valence-electron chi connectivity index (χ2n) is 3.29. The lowest BCUT2D eigenvalue weighted by molar-refractivity contribution is 0.145. The van der Waals surface area contributed by atoms with Gasteiger partial charge in [0.2, 0.25) is 0 Å². The summed E-state index contributed by atoms with van der Waals surface area (Å²) in [7, 11) is 0. The van der Waals surface area contributed by atoms with E-state index in [2.05, 4.69) is 10.6 Å². The van der Waals surface area contributed by atoms with Gasteiger partial charge in [-0.05, 0) is 26.7 Å². The fraction of sp³-hybridized carbons (Fsp3) is 0.727. The van der Waals surface area contributed by atoms with Gasteiger partial charge in [-0.1, -0.05) is 12.5 Å². The van der Waals surface area contributed by atoms with Crippen LogP contribution in [-0.4, -0.2) is 25.8 Å². The van der Waals surface area contributed by atoms with Gasteiger partial charge < -0.3 is 15.4 Å². The second-order valence-corrected chi connectivity index (χ2v) is 3.29. The Labute approximate surface area is 92.1 Å². The van der Waals surface area contributed by atoms with E-state index in [0.717, 1.165) is 25.0 Å². The van der Waals surface area contributed by atoms with E-state index in [9.17, 15) is 4.79 Å². The van der Waals surface area contributed by atoms with Gasteiger partial charge in [0.25, 0.3) is 0 Å². The minimum absolute atomic E-state index is 0.153. The molecule has 0 heterocycles. The molecule has 0 unspecified atom stereocenters. The van der Waals surface area contributed by atoms with Gasteiger partial charge in [-0.3, -0.25) is 0 Å². The highest BCUT2D eigenvalue weighted by Gasteiger charge is 1.95. The molecule has 0 aromatic heterocycles. The molecule has 0 saturated carbocycles. The van der Waals surface area contributed by atoms with Crippen LogP contribution < -0.4 is 10.6 Å². The van der Waals surface area contributed by atoms with Gasteiger partial charge in [-0.15, -0.1) is 0 Å². The van der Waals surface area contributed by atoms with Crippen molar-refractivity contribution in [3.8, 4) is 0 Å². The Morgan fingerprint density at radius 3 is 2.73 bits per heavy atom. The monoisotopic (exact) mass is 214 g/mol. The molecule has 2 N–H and O–H groups in total. The minimum atomic E-state index is -0.153. The summed E-state index contributed by atoms with van der Waals surface area (Å²) in [5.74, 6) is 0. The first-order valence-electron chi connectivity index (χ1n) is 5.48. The normalized spacial score (nSPS) is 11.3. The van der Waals surface area contributed by atoms with Gasteiger partial charge >= 0.3 is 6.03 Å². The number of carbonyl (C=O) groups is 1. The van der Waals surface area contributed by atoms with Crippen molar-refractivity contribution in [3.63, 3.8) is 0 Å². The summed E-state index contributed by atoms with van der Waals surface area (Å²) in [6.07, 6.45) is 3.53. The Balaban J connectivity index is 3.41. The zero-order valence-electron chi connectivity index (χ0n) is 9.93. The highest BCUT2D eigenvalue weighted by atomic mass is 16.5. The number of ether oxygens (including phenoxy) is 1. The van der Waals surface area contributed by atoms with Gasteiger partial charge in [0, 0.05) is 26.0 Å². The van der Waals surface area contributed by atoms with E-state index in [4.69, 9.17) is 4.74 Å². The number of nitrogens with one attached hydrogen (secondary N) is 2. The molecule has 0 spiro atoms. The number of carbonyl (C=O) groups excluding carboxylic acids is 1. The molecular formula is C11H22N2O2. The van der Waals surface area contributed by atoms with Crippen molar-refractivity contribution in [2.45, 2.75) is 33.6 Å². The second kappa shape index (κ2) is 9.52. The third kappa shape index (κ3) is 9.28. The fourth-order valence-corrected chi connectivity index (χ4v) is 0.862. The number of rotatable bonds is 7. The number of urea groups is 1. The lowest BCUT2D eigenvalue weighted by atomic mass is 10.3. The quantitative estimate of drug-likeness (QED) is 0.637. The SMILES string of the molecule is CCOCCCNC(=O)N/C=C(\C)CC. The summed E-state index contributed by atoms with van der Waals surface area (Å²) in [5.41, 5.74) is 1.15. The standard InChI is InChI=1S/C11H22N2O2/c1-4-10(3)9-13-11(14)12-7-6-8-15-5-2/h9H,4-8H2,1-3H3,(H2,12,13,14)/b10-9+. The van der Waals surface area contributed by atoms with Crippen molar-refractivity contribution in [2.75, 3.05) is 19.8 Å². The number of hydrogen-bond donors (Lipinski definition) is 2. The van der Waals surface area contributed by atoms with Crippen molar-refractivity contribution in [1.29, 1.82) is 0 Å². The molecule has 0 fully saturated rings. The molecule has 0 atom stereocenters. The first kappa shape index (κ1) is 14.0. The highest BCUT2D eigenvalue weighted by Crippen LogP contribution is 1.94. The van der Waals surface area contributed by atoms with Crippen molar-refractivity contribution < 1.29 is 9.53 Å². The van der Waals surface area contributed by atoms with Crippen LogP contribution in [0.25, 0.3) is 0 Å². The molecule has 4 nitrogen and oxygen atoms in total. The van der Waals surface area contributed by atoms with E-state index in [-0.39, 0.29) is 6.03 Å². The molecule has 0 aliphatic carbocycles. The predicted octanol–water partition coefficient (Wildman–Crippen LogP) is 2.03. The first-order chi connectivity index (χ1) is 7.20. The minimum Gasteiger partial charge on any atom is -0.382 e. The molecule has 0 bridgehead atoms. The van der Waals surface area contributed by atoms with E-state index in [1.54, 1.807) is 6.20 Å². The average Bonchev–Trinajstić information content (AvgIpc) is 2.25. The van der Waals surface area contributed by atoms with E-state index in [1.165, 1.54) is 0 Å². The maximum atomic E-state index is 11.2. The van der Waals surface area contributed by atoms with Crippen LogP contribution in [-0.2, 0) is 4.74 Å². The molecular weight excluding hydrogens is 192 g/mol. The topological polar surface area (TPSA) is 50.4 Å². The summed E-state index contributed by atoms with van der Waals surface area (Å²) in [5, 5.41) is 5.42. The summed E-state index contributed by atoms with van der Waals surface area (Å²) in [4.78, 5) is 11.2. The van der Waals surface area contributed by atoms with Crippen molar-refractivity contribution >= 4 is 6.03 Å². The number of allylic oxidation sites excluding steroid dienone is 1. The van der Waals surface area contributed by atoms with Crippen LogP contribution in [0, 0.1) is 0 Å². The molecule has 15 heavy (non-hydrogen) atoms. The predicted molar refractivity (Wildman–Crippen MR) is 61.7 cm³/mol. The summed E-state index contributed by atoms with van der Waals surface area (Å²) >= 11 is 0. The summed E-state index contributed by atoms with van der Waals surface area (Å²) in [6.45, 7) is 8.05. The zero-order chi connectivity index (χ0) is 11.5. The molecule has 0 radical (unpaired) electrons. The van der Waals surface area contributed by atoms with Gasteiger partial charge in [-0.25, -0.2) is 4.79 Å². The van der Waals surface area contributed by atoms with Gasteiger partial charge in [0.15, 0.2) is 0 Å². The Kier molecular flexibility index (Phi) is 8.87. The van der Waals surface area contributed by atoms with Crippen LogP contribution in [0.3, 0.4) is 0 Å². The van der Waals surface area contributed by atoms with Crippen molar-refractivity contribution in [3.05, 3.63) is 11.8 Å². The van der Waals surface area contributed by atoms with E-state index in [0.29, 0.717) is 13.2 Å². The zero-order valence-corrected chi connectivity index (χ0v) is 9.93. The summed E-state index contributed by atoms with van der Waals surface area (Å²) in [6, 6.07) is -0.153. The average molecular weight is 214 g/mol. The van der Waals surface area contributed by atoms with Crippen molar-refractivity contribution in [1.82, 2.24) is 10.6 Å². The molecule has 2 amide bonds. The lowest BCUT2D eigenvalue weighted by Gasteiger charge is -2.05. The van der Waals surface area contributed by atoms with Gasteiger partial charge in [0.1, 0.15) is 0 Å². The molecule has 0 aromatic rings. The third-order valence-electron chi connectivity index (χ3n) is 1.96. The molecule has 0 rings (SSSR count). The van der Waals surface area contributed by atoms with E-state index in [1.807, 2.05) is 20.8 Å². The van der Waals surface area contributed by atoms with Gasteiger partial charge in [-0.2, -0.15) is 0 Å². The molecule has 0 aromatic carbocycles. The van der Waals surface area contributed by atoms with E-state index < -0.39 is 0 Å². The van der Waals surface area contributed by atoms with Crippen LogP contribution in [0.15, 0.2) is 11.8 Å². The third-order valence-corrected chi connectivity index (χ3v) is 1.96. The molecule has 88 valence electrons. The van der Waals surface area contributed by atoms with Crippen LogP contribution >= 0.6 is 0 Å². The Bertz CT molecular complexity index is 203. The van der Waals surface area contributed by atoms with Crippen LogP contribution in [0.1, 0.15) is 33.6 Å². The van der Waals surface area contributed by atoms with E-state index >= 15 is 0 Å². The maximum Gasteiger partial charge on any atom is 0.318 e. The first-order valence-corrected chi connectivity index (χ1v) is 5.48. The Hall–Kier alpha value is -1.03.